The molecule has 2 aromatic heterocycles. The summed E-state index contributed by atoms with van der Waals surface area (Å²) in [5.74, 6) is 0.772. The molecule has 3 aromatic rings. The molecule has 1 fully saturated rings. The van der Waals surface area contributed by atoms with Gasteiger partial charge in [-0.05, 0) is 43.4 Å². The van der Waals surface area contributed by atoms with Gasteiger partial charge in [0, 0.05) is 48.9 Å². The van der Waals surface area contributed by atoms with Crippen LogP contribution in [-0.4, -0.2) is 48.1 Å². The number of benzene rings is 1. The minimum absolute atomic E-state index is 0.231. The van der Waals surface area contributed by atoms with E-state index in [2.05, 4.69) is 27.9 Å². The van der Waals surface area contributed by atoms with E-state index in [0.717, 1.165) is 53.8 Å². The third-order valence-corrected chi connectivity index (χ3v) is 5.36. The van der Waals surface area contributed by atoms with Gasteiger partial charge in [0.05, 0.1) is 5.69 Å². The van der Waals surface area contributed by atoms with Gasteiger partial charge in [-0.1, -0.05) is 0 Å². The quantitative estimate of drug-likeness (QED) is 0.717. The molecule has 0 atom stereocenters. The molecule has 0 N–H and O–H groups in total. The van der Waals surface area contributed by atoms with Gasteiger partial charge < -0.3 is 9.80 Å². The monoisotopic (exact) mass is 354 g/mol. The summed E-state index contributed by atoms with van der Waals surface area (Å²) >= 11 is 1.60. The van der Waals surface area contributed by atoms with Crippen LogP contribution in [0.1, 0.15) is 0 Å². The van der Waals surface area contributed by atoms with Crippen molar-refractivity contribution in [2.75, 3.05) is 38.1 Å². The highest BCUT2D eigenvalue weighted by Gasteiger charge is 2.16. The normalized spacial score (nSPS) is 15.5. The molecule has 1 saturated heterocycles. The van der Waals surface area contributed by atoms with E-state index >= 15 is 0 Å². The van der Waals surface area contributed by atoms with E-state index in [1.165, 1.54) is 12.1 Å². The topological polar surface area (TPSA) is 32.3 Å². The molecule has 0 radical (unpaired) electrons. The van der Waals surface area contributed by atoms with Gasteiger partial charge in [0.2, 0.25) is 0 Å². The predicted molar refractivity (Wildman–Crippen MR) is 100 cm³/mol. The number of halogens is 1. The first-order valence-electron chi connectivity index (χ1n) is 8.30. The van der Waals surface area contributed by atoms with Crippen molar-refractivity contribution in [3.8, 4) is 21.8 Å². The van der Waals surface area contributed by atoms with Crippen molar-refractivity contribution >= 4 is 17.2 Å². The predicted octanol–water partition coefficient (Wildman–Crippen LogP) is 3.76. The van der Waals surface area contributed by atoms with Gasteiger partial charge in [-0.2, -0.15) is 0 Å². The summed E-state index contributed by atoms with van der Waals surface area (Å²) in [6.45, 7) is 4.09. The van der Waals surface area contributed by atoms with Gasteiger partial charge in [-0.25, -0.2) is 14.4 Å². The van der Waals surface area contributed by atoms with E-state index in [0.29, 0.717) is 0 Å². The highest BCUT2D eigenvalue weighted by molar-refractivity contribution is 7.13. The summed E-state index contributed by atoms with van der Waals surface area (Å²) in [5.41, 5.74) is 2.87. The summed E-state index contributed by atoms with van der Waals surface area (Å²) in [6, 6.07) is 10.6. The molecule has 0 unspecified atom stereocenters. The largest absolute Gasteiger partial charge is 0.354 e. The average molecular weight is 354 g/mol. The van der Waals surface area contributed by atoms with Crippen LogP contribution < -0.4 is 4.90 Å². The van der Waals surface area contributed by atoms with Crippen LogP contribution in [0.4, 0.5) is 10.2 Å². The van der Waals surface area contributed by atoms with Crippen LogP contribution in [0.2, 0.25) is 0 Å². The standard InChI is InChI=1S/C19H19FN4S/c1-23-8-10-24(11-9-23)18-12-15(6-7-21-18)19-22-17(13-25-19)14-2-4-16(20)5-3-14/h2-7,12-13H,8-11H2,1H3. The minimum Gasteiger partial charge on any atom is -0.354 e. The van der Waals surface area contributed by atoms with Crippen molar-refractivity contribution in [1.29, 1.82) is 0 Å². The molecule has 4 rings (SSSR count). The van der Waals surface area contributed by atoms with Crippen LogP contribution in [0.3, 0.4) is 0 Å². The number of rotatable bonds is 3. The van der Waals surface area contributed by atoms with Crippen LogP contribution in [0.25, 0.3) is 21.8 Å². The Morgan fingerprint density at radius 2 is 1.76 bits per heavy atom. The number of likely N-dealkylation sites (N-methyl/N-ethyl adjacent to an activating group) is 1. The number of nitrogens with zero attached hydrogens (tertiary/aromatic N) is 4. The molecule has 6 heteroatoms. The first kappa shape index (κ1) is 16.2. The first-order valence-corrected chi connectivity index (χ1v) is 9.18. The van der Waals surface area contributed by atoms with Crippen LogP contribution in [0.15, 0.2) is 48.0 Å². The Balaban J connectivity index is 1.58. The zero-order valence-corrected chi connectivity index (χ0v) is 14.8. The fourth-order valence-electron chi connectivity index (χ4n) is 2.92. The highest BCUT2D eigenvalue weighted by Crippen LogP contribution is 2.30. The lowest BCUT2D eigenvalue weighted by Crippen LogP contribution is -2.44. The SMILES string of the molecule is CN1CCN(c2cc(-c3nc(-c4ccc(F)cc4)cs3)ccn2)CC1. The van der Waals surface area contributed by atoms with Crippen molar-refractivity contribution in [3.63, 3.8) is 0 Å². The number of aromatic nitrogens is 2. The first-order chi connectivity index (χ1) is 12.2. The molecule has 0 amide bonds. The van der Waals surface area contributed by atoms with E-state index in [-0.39, 0.29) is 5.82 Å². The Hall–Kier alpha value is -2.31. The van der Waals surface area contributed by atoms with Gasteiger partial charge in [0.15, 0.2) is 0 Å². The van der Waals surface area contributed by atoms with Crippen LogP contribution in [0, 0.1) is 5.82 Å². The van der Waals surface area contributed by atoms with E-state index in [4.69, 9.17) is 4.98 Å². The van der Waals surface area contributed by atoms with E-state index < -0.39 is 0 Å². The molecule has 1 aliphatic rings. The lowest BCUT2D eigenvalue weighted by atomic mass is 10.2. The molecule has 0 spiro atoms. The Morgan fingerprint density at radius 1 is 1.00 bits per heavy atom. The third-order valence-electron chi connectivity index (χ3n) is 4.46. The Labute approximate surface area is 150 Å². The van der Waals surface area contributed by atoms with Gasteiger partial charge in [0.25, 0.3) is 0 Å². The molecular formula is C19H19FN4S. The van der Waals surface area contributed by atoms with E-state index in [1.54, 1.807) is 23.5 Å². The molecule has 25 heavy (non-hydrogen) atoms. The molecule has 3 heterocycles. The molecular weight excluding hydrogens is 335 g/mol. The second kappa shape index (κ2) is 6.90. The van der Waals surface area contributed by atoms with Crippen LogP contribution >= 0.6 is 11.3 Å². The molecule has 0 saturated carbocycles. The van der Waals surface area contributed by atoms with Crippen molar-refractivity contribution < 1.29 is 4.39 Å². The number of anilines is 1. The van der Waals surface area contributed by atoms with Gasteiger partial charge in [0.1, 0.15) is 16.6 Å². The summed E-state index contributed by atoms with van der Waals surface area (Å²) in [7, 11) is 2.15. The Kier molecular flexibility index (Phi) is 4.46. The van der Waals surface area contributed by atoms with Crippen molar-refractivity contribution in [2.45, 2.75) is 0 Å². The molecule has 1 aromatic carbocycles. The lowest BCUT2D eigenvalue weighted by Gasteiger charge is -2.33. The second-order valence-electron chi connectivity index (χ2n) is 6.24. The van der Waals surface area contributed by atoms with E-state index in [1.807, 2.05) is 17.6 Å². The summed E-state index contributed by atoms with van der Waals surface area (Å²) in [4.78, 5) is 13.9. The Bertz CT molecular complexity index is 854. The summed E-state index contributed by atoms with van der Waals surface area (Å²) in [5, 5.41) is 2.97. The summed E-state index contributed by atoms with van der Waals surface area (Å²) < 4.78 is 13.1. The molecule has 0 bridgehead atoms. The number of hydrogen-bond donors (Lipinski definition) is 0. The maximum atomic E-state index is 13.1. The second-order valence-corrected chi connectivity index (χ2v) is 7.10. The maximum Gasteiger partial charge on any atom is 0.129 e. The Morgan fingerprint density at radius 3 is 2.52 bits per heavy atom. The van der Waals surface area contributed by atoms with Crippen molar-refractivity contribution in [1.82, 2.24) is 14.9 Å². The summed E-state index contributed by atoms with van der Waals surface area (Å²) in [6.07, 6.45) is 1.85. The fourth-order valence-corrected chi connectivity index (χ4v) is 3.75. The molecule has 0 aliphatic carbocycles. The number of piperazine rings is 1. The number of pyridine rings is 1. The van der Waals surface area contributed by atoms with Crippen molar-refractivity contribution in [3.05, 3.63) is 53.8 Å². The van der Waals surface area contributed by atoms with Crippen molar-refractivity contribution in [2.24, 2.45) is 0 Å². The van der Waals surface area contributed by atoms with Gasteiger partial charge in [-0.15, -0.1) is 11.3 Å². The number of hydrogen-bond acceptors (Lipinski definition) is 5. The van der Waals surface area contributed by atoms with Crippen LogP contribution in [-0.2, 0) is 0 Å². The number of thiazole rings is 1. The van der Waals surface area contributed by atoms with E-state index in [9.17, 15) is 4.39 Å². The maximum absolute atomic E-state index is 13.1. The molecule has 128 valence electrons. The van der Waals surface area contributed by atoms with Crippen LogP contribution in [0.5, 0.6) is 0 Å². The smallest absolute Gasteiger partial charge is 0.129 e. The third kappa shape index (κ3) is 3.55. The zero-order valence-electron chi connectivity index (χ0n) is 14.0. The van der Waals surface area contributed by atoms with Gasteiger partial charge >= 0.3 is 0 Å². The van der Waals surface area contributed by atoms with Gasteiger partial charge in [-0.3, -0.25) is 0 Å². The zero-order chi connectivity index (χ0) is 17.2. The minimum atomic E-state index is -0.231. The highest BCUT2D eigenvalue weighted by atomic mass is 32.1. The molecule has 1 aliphatic heterocycles. The molecule has 4 nitrogen and oxygen atoms in total. The average Bonchev–Trinajstić information content (AvgIpc) is 3.13. The lowest BCUT2D eigenvalue weighted by molar-refractivity contribution is 0.312. The fraction of sp³-hybridized carbons (Fsp3) is 0.263.